The highest BCUT2D eigenvalue weighted by Gasteiger charge is 2.13. The largest absolute Gasteiger partial charge is 0.457 e. The molecule has 0 amide bonds. The predicted octanol–water partition coefficient (Wildman–Crippen LogP) is 5.01. The molecule has 4 aromatic rings. The second-order valence-electron chi connectivity index (χ2n) is 6.26. The number of oxazole rings is 1. The van der Waals surface area contributed by atoms with Gasteiger partial charge >= 0.3 is 5.97 Å². The molecule has 1 aromatic heterocycles. The van der Waals surface area contributed by atoms with E-state index in [-0.39, 0.29) is 18.1 Å². The Morgan fingerprint density at radius 1 is 0.862 bits per heavy atom. The summed E-state index contributed by atoms with van der Waals surface area (Å²) in [5.74, 6) is -0.719. The zero-order valence-corrected chi connectivity index (χ0v) is 16.2. The van der Waals surface area contributed by atoms with E-state index >= 15 is 0 Å². The van der Waals surface area contributed by atoms with Crippen LogP contribution in [0.1, 0.15) is 10.4 Å². The molecule has 1 heterocycles. The van der Waals surface area contributed by atoms with Gasteiger partial charge in [-0.3, -0.25) is 9.59 Å². The lowest BCUT2D eigenvalue weighted by Crippen LogP contribution is -2.15. The van der Waals surface area contributed by atoms with E-state index in [1.54, 1.807) is 12.1 Å². The molecule has 0 radical (unpaired) electrons. The van der Waals surface area contributed by atoms with E-state index in [2.05, 4.69) is 4.98 Å². The molecule has 0 fully saturated rings. The SMILES string of the molecule is O=C(CSc1nc2ccccc2o1)OCC(=O)c1ccc(-c2ccccc2)cc1. The van der Waals surface area contributed by atoms with Gasteiger partial charge in [0.1, 0.15) is 11.3 Å². The lowest BCUT2D eigenvalue weighted by atomic mass is 10.0. The quantitative estimate of drug-likeness (QED) is 0.245. The van der Waals surface area contributed by atoms with Crippen molar-refractivity contribution in [3.8, 4) is 11.1 Å². The number of fused-ring (bicyclic) bond motifs is 1. The van der Waals surface area contributed by atoms with Gasteiger partial charge in [0, 0.05) is 5.56 Å². The van der Waals surface area contributed by atoms with Crippen LogP contribution in [-0.4, -0.2) is 29.1 Å². The lowest BCUT2D eigenvalue weighted by Gasteiger charge is -2.05. The Balaban J connectivity index is 1.28. The molecule has 29 heavy (non-hydrogen) atoms. The molecule has 0 saturated carbocycles. The molecule has 0 unspecified atom stereocenters. The van der Waals surface area contributed by atoms with Crippen molar-refractivity contribution in [2.75, 3.05) is 12.4 Å². The minimum absolute atomic E-state index is 0.0209. The molecular weight excluding hydrogens is 386 g/mol. The topological polar surface area (TPSA) is 69.4 Å². The van der Waals surface area contributed by atoms with Gasteiger partial charge in [-0.15, -0.1) is 0 Å². The Kier molecular flexibility index (Phi) is 5.72. The third kappa shape index (κ3) is 4.73. The first-order chi connectivity index (χ1) is 14.2. The second-order valence-corrected chi connectivity index (χ2v) is 7.19. The summed E-state index contributed by atoms with van der Waals surface area (Å²) in [4.78, 5) is 28.5. The first kappa shape index (κ1) is 19.0. The minimum Gasteiger partial charge on any atom is -0.457 e. The molecule has 5 nitrogen and oxygen atoms in total. The van der Waals surface area contributed by atoms with Crippen LogP contribution in [0, 0.1) is 0 Å². The van der Waals surface area contributed by atoms with Crippen molar-refractivity contribution >= 4 is 34.6 Å². The fraction of sp³-hybridized carbons (Fsp3) is 0.0870. The van der Waals surface area contributed by atoms with Crippen LogP contribution in [0.15, 0.2) is 88.5 Å². The Labute approximate surface area is 171 Å². The summed E-state index contributed by atoms with van der Waals surface area (Å²) in [5, 5.41) is 0.394. The van der Waals surface area contributed by atoms with E-state index in [9.17, 15) is 9.59 Å². The highest BCUT2D eigenvalue weighted by atomic mass is 32.2. The van der Waals surface area contributed by atoms with Crippen LogP contribution in [0.25, 0.3) is 22.2 Å². The number of ketones is 1. The summed E-state index contributed by atoms with van der Waals surface area (Å²) < 4.78 is 10.6. The number of ether oxygens (including phenoxy) is 1. The maximum Gasteiger partial charge on any atom is 0.316 e. The average Bonchev–Trinajstić information content (AvgIpc) is 3.20. The van der Waals surface area contributed by atoms with Gasteiger partial charge in [0.15, 0.2) is 18.0 Å². The number of carbonyl (C=O) groups is 2. The molecule has 6 heteroatoms. The van der Waals surface area contributed by atoms with E-state index in [1.165, 1.54) is 0 Å². The number of nitrogens with zero attached hydrogens (tertiary/aromatic N) is 1. The van der Waals surface area contributed by atoms with Gasteiger partial charge in [-0.25, -0.2) is 4.98 Å². The maximum absolute atomic E-state index is 12.3. The fourth-order valence-electron chi connectivity index (χ4n) is 2.78. The third-order valence-electron chi connectivity index (χ3n) is 4.27. The first-order valence-electron chi connectivity index (χ1n) is 9.02. The van der Waals surface area contributed by atoms with E-state index in [0.717, 1.165) is 28.4 Å². The van der Waals surface area contributed by atoms with Crippen LogP contribution in [-0.2, 0) is 9.53 Å². The molecule has 4 rings (SSSR count). The fourth-order valence-corrected chi connectivity index (χ4v) is 3.42. The summed E-state index contributed by atoms with van der Waals surface area (Å²) in [6, 6.07) is 24.5. The van der Waals surface area contributed by atoms with Crippen LogP contribution < -0.4 is 0 Å². The highest BCUT2D eigenvalue weighted by Crippen LogP contribution is 2.23. The molecule has 0 aliphatic heterocycles. The summed E-state index contributed by atoms with van der Waals surface area (Å²) >= 11 is 1.14. The number of hydrogen-bond donors (Lipinski definition) is 0. The monoisotopic (exact) mass is 403 g/mol. The minimum atomic E-state index is -0.494. The second kappa shape index (κ2) is 8.75. The molecule has 0 aliphatic rings. The average molecular weight is 403 g/mol. The Morgan fingerprint density at radius 2 is 1.55 bits per heavy atom. The van der Waals surface area contributed by atoms with Crippen molar-refractivity contribution < 1.29 is 18.7 Å². The number of rotatable bonds is 7. The summed E-state index contributed by atoms with van der Waals surface area (Å²) in [5.41, 5.74) is 4.00. The van der Waals surface area contributed by atoms with E-state index < -0.39 is 5.97 Å². The number of aromatic nitrogens is 1. The molecule has 0 aliphatic carbocycles. The van der Waals surface area contributed by atoms with Gasteiger partial charge in [-0.05, 0) is 23.3 Å². The smallest absolute Gasteiger partial charge is 0.316 e. The molecule has 0 N–H and O–H groups in total. The van der Waals surface area contributed by atoms with Crippen molar-refractivity contribution in [1.29, 1.82) is 0 Å². The number of carbonyl (C=O) groups excluding carboxylic acids is 2. The van der Waals surface area contributed by atoms with Crippen LogP contribution in [0.4, 0.5) is 0 Å². The number of Topliss-reactive ketones (excluding diaryl/α,β-unsaturated/α-hetero) is 1. The Bertz CT molecular complexity index is 1100. The van der Waals surface area contributed by atoms with Crippen molar-refractivity contribution in [2.45, 2.75) is 5.22 Å². The zero-order valence-electron chi connectivity index (χ0n) is 15.4. The van der Waals surface area contributed by atoms with E-state index in [4.69, 9.17) is 9.15 Å². The zero-order chi connectivity index (χ0) is 20.1. The highest BCUT2D eigenvalue weighted by molar-refractivity contribution is 7.99. The molecule has 0 saturated heterocycles. The predicted molar refractivity (Wildman–Crippen MR) is 112 cm³/mol. The lowest BCUT2D eigenvalue weighted by molar-refractivity contribution is -0.139. The van der Waals surface area contributed by atoms with Gasteiger partial charge < -0.3 is 9.15 Å². The number of esters is 1. The summed E-state index contributed by atoms with van der Waals surface area (Å²) in [6.07, 6.45) is 0. The molecular formula is C23H17NO4S. The van der Waals surface area contributed by atoms with Crippen molar-refractivity contribution in [2.24, 2.45) is 0 Å². The van der Waals surface area contributed by atoms with Crippen LogP contribution in [0.3, 0.4) is 0 Å². The van der Waals surface area contributed by atoms with E-state index in [1.807, 2.05) is 66.7 Å². The number of hydrogen-bond acceptors (Lipinski definition) is 6. The molecule has 144 valence electrons. The van der Waals surface area contributed by atoms with Gasteiger partial charge in [0.25, 0.3) is 5.22 Å². The molecule has 0 spiro atoms. The Hall–Kier alpha value is -3.38. The summed E-state index contributed by atoms with van der Waals surface area (Å²) in [7, 11) is 0. The standard InChI is InChI=1S/C23H17NO4S/c25-20(18-12-10-17(11-13-18)16-6-2-1-3-7-16)14-27-22(26)15-29-23-24-19-8-4-5-9-21(19)28-23/h1-13H,14-15H2. The normalized spacial score (nSPS) is 10.8. The van der Waals surface area contributed by atoms with Crippen LogP contribution in [0.2, 0.25) is 0 Å². The number of para-hydroxylation sites is 2. The van der Waals surface area contributed by atoms with Gasteiger partial charge in [-0.2, -0.15) is 0 Å². The number of thioether (sulfide) groups is 1. The molecule has 3 aromatic carbocycles. The van der Waals surface area contributed by atoms with Gasteiger partial charge in [0.05, 0.1) is 0 Å². The molecule has 0 atom stereocenters. The Morgan fingerprint density at radius 3 is 2.31 bits per heavy atom. The van der Waals surface area contributed by atoms with Gasteiger partial charge in [-0.1, -0.05) is 78.5 Å². The summed E-state index contributed by atoms with van der Waals surface area (Å²) in [6.45, 7) is -0.294. The van der Waals surface area contributed by atoms with Crippen molar-refractivity contribution in [3.63, 3.8) is 0 Å². The first-order valence-corrected chi connectivity index (χ1v) is 10.0. The van der Waals surface area contributed by atoms with Crippen LogP contribution in [0.5, 0.6) is 0 Å². The van der Waals surface area contributed by atoms with Crippen LogP contribution >= 0.6 is 11.8 Å². The molecule has 0 bridgehead atoms. The van der Waals surface area contributed by atoms with Crippen molar-refractivity contribution in [1.82, 2.24) is 4.98 Å². The maximum atomic E-state index is 12.3. The number of benzene rings is 3. The van der Waals surface area contributed by atoms with Gasteiger partial charge in [0.2, 0.25) is 0 Å². The van der Waals surface area contributed by atoms with Crippen molar-refractivity contribution in [3.05, 3.63) is 84.4 Å². The van der Waals surface area contributed by atoms with E-state index in [0.29, 0.717) is 16.4 Å². The third-order valence-corrected chi connectivity index (χ3v) is 5.07.